The van der Waals surface area contributed by atoms with Crippen LogP contribution in [0.3, 0.4) is 0 Å². The van der Waals surface area contributed by atoms with Crippen molar-refractivity contribution >= 4 is 50.3 Å². The molecule has 0 bridgehead atoms. The second-order valence-corrected chi connectivity index (χ2v) is 10.3. The molecular weight excluding hydrogens is 504 g/mol. The molecule has 38 heavy (non-hydrogen) atoms. The largest absolute Gasteiger partial charge is 0.339 e. The fourth-order valence-electron chi connectivity index (χ4n) is 4.83. The lowest BCUT2D eigenvalue weighted by atomic mass is 9.89. The Morgan fingerprint density at radius 1 is 1.03 bits per heavy atom. The Balaban J connectivity index is 1.07. The highest BCUT2D eigenvalue weighted by Gasteiger charge is 2.25. The molecule has 0 aliphatic carbocycles. The fourth-order valence-corrected chi connectivity index (χ4v) is 5.77. The van der Waals surface area contributed by atoms with Crippen LogP contribution in [0.4, 0.5) is 11.4 Å². The number of benzene rings is 2. The summed E-state index contributed by atoms with van der Waals surface area (Å²) in [5.41, 5.74) is 3.15. The minimum atomic E-state index is -0.445. The maximum atomic E-state index is 13.0. The molecular formula is C27H22N6O4S. The number of thiophene rings is 1. The molecule has 2 amide bonds. The van der Waals surface area contributed by atoms with Crippen molar-refractivity contribution in [1.82, 2.24) is 19.5 Å². The number of hydrogen-bond donors (Lipinski definition) is 1. The SMILES string of the molecule is O=C(Nc1ccc(C2CCN(C(=O)c3ccc4ncnn4c3)CC2)cc1)c1cc2cc([N+](=O)[O-])ccc2s1. The average Bonchev–Trinajstić information content (AvgIpc) is 3.59. The van der Waals surface area contributed by atoms with E-state index in [0.29, 0.717) is 46.2 Å². The summed E-state index contributed by atoms with van der Waals surface area (Å²) in [7, 11) is 0. The van der Waals surface area contributed by atoms with E-state index in [-0.39, 0.29) is 17.5 Å². The number of likely N-dealkylation sites (tertiary alicyclic amines) is 1. The number of non-ortho nitro benzene ring substituents is 1. The smallest absolute Gasteiger partial charge is 0.270 e. The Morgan fingerprint density at radius 3 is 2.58 bits per heavy atom. The number of nitrogens with one attached hydrogen (secondary N) is 1. The molecule has 0 atom stereocenters. The molecule has 1 aliphatic rings. The Kier molecular flexibility index (Phi) is 6.04. The number of fused-ring (bicyclic) bond motifs is 2. The number of piperidine rings is 1. The van der Waals surface area contributed by atoms with Crippen LogP contribution < -0.4 is 5.32 Å². The molecule has 3 aromatic heterocycles. The van der Waals surface area contributed by atoms with Gasteiger partial charge in [-0.2, -0.15) is 5.10 Å². The Hall–Kier alpha value is -4.64. The number of anilines is 1. The van der Waals surface area contributed by atoms with Crippen LogP contribution in [-0.4, -0.2) is 49.3 Å². The van der Waals surface area contributed by atoms with Crippen molar-refractivity contribution in [3.05, 3.63) is 99.3 Å². The van der Waals surface area contributed by atoms with E-state index in [2.05, 4.69) is 15.4 Å². The zero-order chi connectivity index (χ0) is 26.2. The number of nitrogens with zero attached hydrogens (tertiary/aromatic N) is 5. The molecule has 0 spiro atoms. The van der Waals surface area contributed by atoms with Crippen LogP contribution in [0.15, 0.2) is 73.2 Å². The molecule has 1 fully saturated rings. The quantitative estimate of drug-likeness (QED) is 0.250. The summed E-state index contributed by atoms with van der Waals surface area (Å²) < 4.78 is 2.42. The van der Waals surface area contributed by atoms with Crippen LogP contribution in [0.2, 0.25) is 0 Å². The molecule has 0 saturated carbocycles. The second-order valence-electron chi connectivity index (χ2n) is 9.21. The van der Waals surface area contributed by atoms with E-state index < -0.39 is 4.92 Å². The van der Waals surface area contributed by atoms with Crippen LogP contribution in [0, 0.1) is 10.1 Å². The van der Waals surface area contributed by atoms with Gasteiger partial charge in [-0.05, 0) is 60.7 Å². The van der Waals surface area contributed by atoms with Gasteiger partial charge >= 0.3 is 0 Å². The van der Waals surface area contributed by atoms with Gasteiger partial charge in [0.15, 0.2) is 5.65 Å². The maximum Gasteiger partial charge on any atom is 0.270 e. The predicted octanol–water partition coefficient (Wildman–Crippen LogP) is 5.12. The Bertz CT molecular complexity index is 1690. The number of amides is 2. The number of pyridine rings is 1. The van der Waals surface area contributed by atoms with Crippen LogP contribution in [0.1, 0.15) is 44.4 Å². The van der Waals surface area contributed by atoms with Crippen LogP contribution >= 0.6 is 11.3 Å². The number of nitro groups is 1. The van der Waals surface area contributed by atoms with Crippen LogP contribution in [-0.2, 0) is 0 Å². The first-order valence-electron chi connectivity index (χ1n) is 12.1. The lowest BCUT2D eigenvalue weighted by molar-refractivity contribution is -0.384. The highest BCUT2D eigenvalue weighted by molar-refractivity contribution is 7.20. The summed E-state index contributed by atoms with van der Waals surface area (Å²) >= 11 is 1.30. The number of hydrogen-bond acceptors (Lipinski definition) is 7. The monoisotopic (exact) mass is 526 g/mol. The summed E-state index contributed by atoms with van der Waals surface area (Å²) in [4.78, 5) is 42.8. The van der Waals surface area contributed by atoms with Crippen molar-refractivity contribution < 1.29 is 14.5 Å². The van der Waals surface area contributed by atoms with E-state index in [4.69, 9.17) is 0 Å². The number of carbonyl (C=O) groups is 2. The first-order chi connectivity index (χ1) is 18.4. The van der Waals surface area contributed by atoms with Crippen molar-refractivity contribution in [2.75, 3.05) is 18.4 Å². The van der Waals surface area contributed by atoms with Gasteiger partial charge in [0.1, 0.15) is 6.33 Å². The average molecular weight is 527 g/mol. The summed E-state index contributed by atoms with van der Waals surface area (Å²) in [5, 5.41) is 18.7. The normalized spacial score (nSPS) is 14.2. The van der Waals surface area contributed by atoms with E-state index in [1.165, 1.54) is 35.4 Å². The first kappa shape index (κ1) is 23.7. The molecule has 1 aliphatic heterocycles. The fraction of sp³-hybridized carbons (Fsp3) is 0.185. The lowest BCUT2D eigenvalue weighted by Crippen LogP contribution is -2.38. The third kappa shape index (κ3) is 4.59. The molecule has 1 saturated heterocycles. The van der Waals surface area contributed by atoms with E-state index in [1.807, 2.05) is 29.2 Å². The molecule has 6 rings (SSSR count). The van der Waals surface area contributed by atoms with Gasteiger partial charge in [0.05, 0.1) is 15.4 Å². The van der Waals surface area contributed by atoms with E-state index in [0.717, 1.165) is 17.5 Å². The lowest BCUT2D eigenvalue weighted by Gasteiger charge is -2.32. The third-order valence-electron chi connectivity index (χ3n) is 6.88. The van der Waals surface area contributed by atoms with Crippen molar-refractivity contribution in [3.8, 4) is 0 Å². The van der Waals surface area contributed by atoms with Gasteiger partial charge in [0, 0.05) is 47.2 Å². The molecule has 0 unspecified atom stereocenters. The number of carbonyl (C=O) groups excluding carboxylic acids is 2. The van der Waals surface area contributed by atoms with Gasteiger partial charge in [-0.1, -0.05) is 12.1 Å². The van der Waals surface area contributed by atoms with Crippen LogP contribution in [0.5, 0.6) is 0 Å². The van der Waals surface area contributed by atoms with Gasteiger partial charge < -0.3 is 10.2 Å². The molecule has 5 aromatic rings. The molecule has 2 aromatic carbocycles. The molecule has 0 radical (unpaired) electrons. The van der Waals surface area contributed by atoms with E-state index >= 15 is 0 Å². The molecule has 190 valence electrons. The minimum absolute atomic E-state index is 0.00123. The standard InChI is InChI=1S/C27H22N6O4S/c34-26(24-14-20-13-22(33(36)37)6-7-23(20)38-24)30-21-4-1-17(2-5-21)18-9-11-31(12-10-18)27(35)19-3-8-25-28-16-29-32(25)15-19/h1-8,13-16,18H,9-12H2,(H,30,34). The number of aromatic nitrogens is 3. The summed E-state index contributed by atoms with van der Waals surface area (Å²) in [6.45, 7) is 1.34. The van der Waals surface area contributed by atoms with Gasteiger partial charge in [0.25, 0.3) is 17.5 Å². The summed E-state index contributed by atoms with van der Waals surface area (Å²) in [6, 6.07) is 17.6. The molecule has 1 N–H and O–H groups in total. The van der Waals surface area contributed by atoms with Crippen molar-refractivity contribution in [1.29, 1.82) is 0 Å². The first-order valence-corrected chi connectivity index (χ1v) is 12.9. The zero-order valence-corrected chi connectivity index (χ0v) is 20.9. The molecule has 10 nitrogen and oxygen atoms in total. The van der Waals surface area contributed by atoms with Gasteiger partial charge in [-0.15, -0.1) is 11.3 Å². The Labute approximate surface area is 220 Å². The van der Waals surface area contributed by atoms with Crippen molar-refractivity contribution in [2.24, 2.45) is 0 Å². The maximum absolute atomic E-state index is 13.0. The third-order valence-corrected chi connectivity index (χ3v) is 7.99. The van der Waals surface area contributed by atoms with Crippen LogP contribution in [0.25, 0.3) is 15.7 Å². The highest BCUT2D eigenvalue weighted by atomic mass is 32.1. The second kappa shape index (κ2) is 9.67. The van der Waals surface area contributed by atoms with Crippen molar-refractivity contribution in [3.63, 3.8) is 0 Å². The van der Waals surface area contributed by atoms with E-state index in [1.54, 1.807) is 35.0 Å². The number of rotatable bonds is 5. The van der Waals surface area contributed by atoms with Gasteiger partial charge in [0.2, 0.25) is 0 Å². The molecule has 11 heteroatoms. The predicted molar refractivity (Wildman–Crippen MR) is 144 cm³/mol. The summed E-state index contributed by atoms with van der Waals surface area (Å²) in [6.07, 6.45) is 4.89. The van der Waals surface area contributed by atoms with Crippen molar-refractivity contribution in [2.45, 2.75) is 18.8 Å². The Morgan fingerprint density at radius 2 is 1.82 bits per heavy atom. The van der Waals surface area contributed by atoms with Gasteiger partial charge in [-0.3, -0.25) is 19.7 Å². The topological polar surface area (TPSA) is 123 Å². The highest BCUT2D eigenvalue weighted by Crippen LogP contribution is 2.31. The minimum Gasteiger partial charge on any atom is -0.339 e. The van der Waals surface area contributed by atoms with E-state index in [9.17, 15) is 19.7 Å². The van der Waals surface area contributed by atoms with Gasteiger partial charge in [-0.25, -0.2) is 9.50 Å². The number of nitro benzene ring substituents is 1. The molecule has 4 heterocycles. The summed E-state index contributed by atoms with van der Waals surface area (Å²) in [5.74, 6) is 0.0761. The zero-order valence-electron chi connectivity index (χ0n) is 20.1.